The number of hydrogen-bond acceptors (Lipinski definition) is 4. The Balaban J connectivity index is 2.45. The van der Waals surface area contributed by atoms with Gasteiger partial charge in [0, 0.05) is 17.5 Å². The van der Waals surface area contributed by atoms with Crippen LogP contribution in [0.4, 0.5) is 5.69 Å². The van der Waals surface area contributed by atoms with Crippen molar-refractivity contribution in [1.82, 2.24) is 14.5 Å². The van der Waals surface area contributed by atoms with E-state index >= 15 is 0 Å². The number of nitrogens with one attached hydrogen (secondary N) is 2. The van der Waals surface area contributed by atoms with Crippen LogP contribution >= 0.6 is 0 Å². The third-order valence-corrected chi connectivity index (χ3v) is 3.53. The zero-order valence-electron chi connectivity index (χ0n) is 11.8. The molecule has 2 heterocycles. The molecule has 0 radical (unpaired) electrons. The van der Waals surface area contributed by atoms with Crippen LogP contribution in [0.1, 0.15) is 11.4 Å². The Morgan fingerprint density at radius 1 is 1.00 bits per heavy atom. The molecule has 0 aliphatic heterocycles. The number of aromatic nitrogens is 3. The number of nitrogens with zero attached hydrogens (tertiary/aromatic N) is 2. The van der Waals surface area contributed by atoms with Gasteiger partial charge in [-0.05, 0) is 32.0 Å². The van der Waals surface area contributed by atoms with Crippen LogP contribution in [0.25, 0.3) is 16.7 Å². The molecule has 0 bridgehead atoms. The molecule has 0 spiro atoms. The predicted molar refractivity (Wildman–Crippen MR) is 80.6 cm³/mol. The number of hydrogen-bond donors (Lipinski definition) is 2. The zero-order chi connectivity index (χ0) is 16.0. The number of H-pyrrole nitrogens is 2. The van der Waals surface area contributed by atoms with E-state index in [-0.39, 0.29) is 11.2 Å². The van der Waals surface area contributed by atoms with E-state index in [1.54, 1.807) is 4.57 Å². The van der Waals surface area contributed by atoms with E-state index in [9.17, 15) is 19.7 Å². The van der Waals surface area contributed by atoms with Crippen LogP contribution in [0.2, 0.25) is 0 Å². The lowest BCUT2D eigenvalue weighted by molar-refractivity contribution is -0.384. The van der Waals surface area contributed by atoms with Crippen molar-refractivity contribution >= 4 is 16.7 Å². The highest BCUT2D eigenvalue weighted by molar-refractivity contribution is 5.81. The van der Waals surface area contributed by atoms with Crippen LogP contribution in [-0.4, -0.2) is 19.5 Å². The summed E-state index contributed by atoms with van der Waals surface area (Å²) in [7, 11) is 0. The molecule has 0 atom stereocenters. The average Bonchev–Trinajstić information content (AvgIpc) is 2.78. The summed E-state index contributed by atoms with van der Waals surface area (Å²) < 4.78 is 1.72. The molecule has 2 N–H and O–H groups in total. The van der Waals surface area contributed by atoms with Crippen LogP contribution in [0.15, 0.2) is 33.9 Å². The molecule has 0 unspecified atom stereocenters. The first kappa shape index (κ1) is 13.8. The Bertz CT molecular complexity index is 1010. The van der Waals surface area contributed by atoms with Gasteiger partial charge in [-0.25, -0.2) is 0 Å². The van der Waals surface area contributed by atoms with E-state index < -0.39 is 16.0 Å². The van der Waals surface area contributed by atoms with Gasteiger partial charge in [-0.15, -0.1) is 0 Å². The normalized spacial score (nSPS) is 11.0. The zero-order valence-corrected chi connectivity index (χ0v) is 11.8. The summed E-state index contributed by atoms with van der Waals surface area (Å²) >= 11 is 0. The maximum atomic E-state index is 11.4. The minimum atomic E-state index is -0.845. The number of fused-ring (bicyclic) bond motifs is 1. The SMILES string of the molecule is Cc1ccc(C)n1-c1cc2[nH]c(=O)c(=O)[nH]c2cc1[N+](=O)[O-]. The lowest BCUT2D eigenvalue weighted by Gasteiger charge is -2.11. The van der Waals surface area contributed by atoms with Crippen LogP contribution in [0.3, 0.4) is 0 Å². The first-order valence-corrected chi connectivity index (χ1v) is 6.48. The average molecular weight is 300 g/mol. The summed E-state index contributed by atoms with van der Waals surface area (Å²) in [5, 5.41) is 11.4. The number of aromatic amines is 2. The third kappa shape index (κ3) is 2.01. The van der Waals surface area contributed by atoms with E-state index in [0.29, 0.717) is 11.2 Å². The number of aryl methyl sites for hydroxylation is 2. The number of benzene rings is 1. The Labute approximate surface area is 123 Å². The maximum Gasteiger partial charge on any atom is 0.314 e. The Hall–Kier alpha value is -3.16. The second-order valence-electron chi connectivity index (χ2n) is 5.00. The number of nitro groups is 1. The van der Waals surface area contributed by atoms with Crippen molar-refractivity contribution in [2.45, 2.75) is 13.8 Å². The van der Waals surface area contributed by atoms with Gasteiger partial charge in [0.25, 0.3) is 5.69 Å². The van der Waals surface area contributed by atoms with Crippen LogP contribution in [-0.2, 0) is 0 Å². The highest BCUT2D eigenvalue weighted by atomic mass is 16.6. The van der Waals surface area contributed by atoms with E-state index in [1.807, 2.05) is 26.0 Å². The summed E-state index contributed by atoms with van der Waals surface area (Å²) in [5.41, 5.74) is 0.729. The first-order valence-electron chi connectivity index (χ1n) is 6.48. The molecular formula is C14H12N4O4. The summed E-state index contributed by atoms with van der Waals surface area (Å²) in [6.45, 7) is 3.66. The maximum absolute atomic E-state index is 11.4. The van der Waals surface area contributed by atoms with Crippen molar-refractivity contribution in [2.75, 3.05) is 0 Å². The van der Waals surface area contributed by atoms with Gasteiger partial charge < -0.3 is 14.5 Å². The molecule has 2 aromatic heterocycles. The monoisotopic (exact) mass is 300 g/mol. The van der Waals surface area contributed by atoms with Crippen molar-refractivity contribution < 1.29 is 4.92 Å². The topological polar surface area (TPSA) is 114 Å². The van der Waals surface area contributed by atoms with Crippen LogP contribution in [0.5, 0.6) is 0 Å². The third-order valence-electron chi connectivity index (χ3n) is 3.53. The van der Waals surface area contributed by atoms with Crippen LogP contribution < -0.4 is 11.1 Å². The summed E-state index contributed by atoms with van der Waals surface area (Å²) in [5.74, 6) is 0. The van der Waals surface area contributed by atoms with Crippen molar-refractivity contribution in [3.05, 3.63) is 66.5 Å². The van der Waals surface area contributed by atoms with E-state index in [1.165, 1.54) is 12.1 Å². The largest absolute Gasteiger partial charge is 0.316 e. The molecule has 22 heavy (non-hydrogen) atoms. The minimum Gasteiger partial charge on any atom is -0.316 e. The second kappa shape index (κ2) is 4.69. The molecule has 0 saturated carbocycles. The van der Waals surface area contributed by atoms with Gasteiger partial charge in [0.05, 0.1) is 16.0 Å². The van der Waals surface area contributed by atoms with Gasteiger partial charge in [-0.2, -0.15) is 0 Å². The van der Waals surface area contributed by atoms with Gasteiger partial charge in [-0.1, -0.05) is 0 Å². The van der Waals surface area contributed by atoms with Crippen molar-refractivity contribution in [3.8, 4) is 5.69 Å². The lowest BCUT2D eigenvalue weighted by Crippen LogP contribution is -2.29. The van der Waals surface area contributed by atoms with E-state index in [2.05, 4.69) is 9.97 Å². The smallest absolute Gasteiger partial charge is 0.314 e. The molecule has 0 aliphatic rings. The quantitative estimate of drug-likeness (QED) is 0.424. The Kier molecular flexibility index (Phi) is 2.94. The minimum absolute atomic E-state index is 0.155. The molecule has 0 amide bonds. The summed E-state index contributed by atoms with van der Waals surface area (Å²) in [4.78, 5) is 38.4. The Morgan fingerprint density at radius 2 is 1.50 bits per heavy atom. The van der Waals surface area contributed by atoms with E-state index in [0.717, 1.165) is 11.4 Å². The lowest BCUT2D eigenvalue weighted by atomic mass is 10.2. The fourth-order valence-corrected chi connectivity index (χ4v) is 2.52. The molecule has 0 saturated heterocycles. The molecule has 3 aromatic rings. The van der Waals surface area contributed by atoms with Gasteiger partial charge in [0.2, 0.25) is 0 Å². The highest BCUT2D eigenvalue weighted by Gasteiger charge is 2.19. The molecule has 0 aliphatic carbocycles. The highest BCUT2D eigenvalue weighted by Crippen LogP contribution is 2.29. The fourth-order valence-electron chi connectivity index (χ4n) is 2.52. The van der Waals surface area contributed by atoms with Crippen molar-refractivity contribution in [2.24, 2.45) is 0 Å². The van der Waals surface area contributed by atoms with Gasteiger partial charge >= 0.3 is 11.1 Å². The molecule has 0 fully saturated rings. The molecule has 8 heteroatoms. The van der Waals surface area contributed by atoms with E-state index in [4.69, 9.17) is 0 Å². The van der Waals surface area contributed by atoms with Crippen LogP contribution in [0, 0.1) is 24.0 Å². The van der Waals surface area contributed by atoms with Gasteiger partial charge in [-0.3, -0.25) is 19.7 Å². The predicted octanol–water partition coefficient (Wildman–Crippen LogP) is 1.53. The Morgan fingerprint density at radius 3 is 2.00 bits per heavy atom. The second-order valence-corrected chi connectivity index (χ2v) is 5.00. The first-order chi connectivity index (χ1) is 10.4. The molecular weight excluding hydrogens is 288 g/mol. The number of rotatable bonds is 2. The molecule has 1 aromatic carbocycles. The summed E-state index contributed by atoms with van der Waals surface area (Å²) in [6, 6.07) is 6.43. The molecule has 3 rings (SSSR count). The van der Waals surface area contributed by atoms with Crippen molar-refractivity contribution in [3.63, 3.8) is 0 Å². The number of nitro benzene ring substituents is 1. The summed E-state index contributed by atoms with van der Waals surface area (Å²) in [6.07, 6.45) is 0. The van der Waals surface area contributed by atoms with Crippen molar-refractivity contribution in [1.29, 1.82) is 0 Å². The fraction of sp³-hybridized carbons (Fsp3) is 0.143. The standard InChI is InChI=1S/C14H12N4O4/c1-7-3-4-8(2)17(7)11-5-9-10(6-12(11)18(21)22)16-14(20)13(19)15-9/h3-6H,1-2H3,(H,15,19)(H,16,20). The van der Waals surface area contributed by atoms with Gasteiger partial charge in [0.15, 0.2) is 0 Å². The molecule has 8 nitrogen and oxygen atoms in total. The molecule has 112 valence electrons. The van der Waals surface area contributed by atoms with Gasteiger partial charge in [0.1, 0.15) is 5.69 Å².